The Morgan fingerprint density at radius 1 is 1.40 bits per heavy atom. The molecule has 0 unspecified atom stereocenters. The molecule has 1 rings (SSSR count). The van der Waals surface area contributed by atoms with Crippen molar-refractivity contribution in [2.24, 2.45) is 0 Å². The van der Waals surface area contributed by atoms with Gasteiger partial charge < -0.3 is 11.3 Å². The van der Waals surface area contributed by atoms with E-state index in [0.717, 1.165) is 10.9 Å². The second-order valence-corrected chi connectivity index (χ2v) is 10.6. The second-order valence-electron chi connectivity index (χ2n) is 4.94. The summed E-state index contributed by atoms with van der Waals surface area (Å²) in [5, 5.41) is 2.97. The van der Waals surface area contributed by atoms with Crippen LogP contribution in [0.25, 0.3) is 0 Å². The topological polar surface area (TPSA) is 22.1 Å². The predicted octanol–water partition coefficient (Wildman–Crippen LogP) is 0.713. The van der Waals surface area contributed by atoms with E-state index in [1.165, 1.54) is 11.3 Å². The maximum Gasteiger partial charge on any atom is 1.00 e. The van der Waals surface area contributed by atoms with Gasteiger partial charge in [0.2, 0.25) is 5.88 Å². The molecule has 15 heavy (non-hydrogen) atoms. The van der Waals surface area contributed by atoms with Gasteiger partial charge in [-0.1, -0.05) is 20.8 Å². The molecule has 0 atom stereocenters. The summed E-state index contributed by atoms with van der Waals surface area (Å²) in [4.78, 5) is 4.23. The van der Waals surface area contributed by atoms with E-state index in [1.54, 1.807) is 0 Å². The summed E-state index contributed by atoms with van der Waals surface area (Å²) in [6, 6.07) is 0. The van der Waals surface area contributed by atoms with Crippen LogP contribution in [-0.2, 0) is 0 Å². The van der Waals surface area contributed by atoms with Crippen LogP contribution in [0.4, 0.5) is 0 Å². The van der Waals surface area contributed by atoms with Gasteiger partial charge in [0.25, 0.3) is 8.32 Å². The van der Waals surface area contributed by atoms with Crippen LogP contribution in [0, 0.1) is 6.92 Å². The average Bonchev–Trinajstić information content (AvgIpc) is 2.31. The fraction of sp³-hybridized carbons (Fsp3) is 0.600. The van der Waals surface area contributed by atoms with Gasteiger partial charge in [0.05, 0.1) is 5.38 Å². The van der Waals surface area contributed by atoms with Gasteiger partial charge in [-0.2, -0.15) is 11.3 Å². The molecule has 0 bridgehead atoms. The van der Waals surface area contributed by atoms with Crippen LogP contribution < -0.4 is 23.3 Å². The minimum atomic E-state index is -1.72. The monoisotopic (exact) mass is 235 g/mol. The third-order valence-electron chi connectivity index (χ3n) is 2.70. The van der Waals surface area contributed by atoms with Crippen molar-refractivity contribution in [1.82, 2.24) is 4.98 Å². The van der Waals surface area contributed by atoms with Crippen LogP contribution in [0.1, 0.15) is 25.8 Å². The van der Waals surface area contributed by atoms with Crippen LogP contribution in [0.2, 0.25) is 18.1 Å². The standard InChI is InChI=1S/C10H18NOSSi.Li/c1-8-11-9(7-13-8)12-14(5,6)10(2,3)4;/h7H,1H2,2-6H3;/q-1;+1. The quantitative estimate of drug-likeness (QED) is 0.556. The molecular formula is C10H18LiNOSSi. The van der Waals surface area contributed by atoms with Gasteiger partial charge in [0.1, 0.15) is 0 Å². The molecule has 80 valence electrons. The first-order valence-electron chi connectivity index (χ1n) is 4.69. The summed E-state index contributed by atoms with van der Waals surface area (Å²) in [5.41, 5.74) is 0. The summed E-state index contributed by atoms with van der Waals surface area (Å²) in [7, 11) is -1.72. The number of nitrogens with zero attached hydrogens (tertiary/aromatic N) is 1. The smallest absolute Gasteiger partial charge is 0.530 e. The zero-order valence-electron chi connectivity index (χ0n) is 10.5. The van der Waals surface area contributed by atoms with Gasteiger partial charge >= 0.3 is 18.9 Å². The molecular weight excluding hydrogens is 217 g/mol. The molecule has 0 aliphatic rings. The number of aromatic nitrogens is 1. The molecule has 2 nitrogen and oxygen atoms in total. The fourth-order valence-corrected chi connectivity index (χ4v) is 2.25. The third-order valence-corrected chi connectivity index (χ3v) is 7.71. The van der Waals surface area contributed by atoms with Crippen molar-refractivity contribution in [3.05, 3.63) is 17.3 Å². The van der Waals surface area contributed by atoms with Crippen molar-refractivity contribution in [3.8, 4) is 5.88 Å². The van der Waals surface area contributed by atoms with E-state index in [4.69, 9.17) is 4.43 Å². The van der Waals surface area contributed by atoms with Crippen LogP contribution in [-0.4, -0.2) is 13.3 Å². The molecule has 0 aliphatic heterocycles. The minimum absolute atomic E-state index is 0. The molecule has 0 fully saturated rings. The van der Waals surface area contributed by atoms with Crippen molar-refractivity contribution in [3.63, 3.8) is 0 Å². The molecule has 0 aliphatic carbocycles. The molecule has 5 heteroatoms. The predicted molar refractivity (Wildman–Crippen MR) is 64.4 cm³/mol. The first kappa shape index (κ1) is 15.1. The Morgan fingerprint density at radius 3 is 2.27 bits per heavy atom. The van der Waals surface area contributed by atoms with E-state index in [9.17, 15) is 0 Å². The number of hydrogen-bond acceptors (Lipinski definition) is 3. The zero-order valence-corrected chi connectivity index (χ0v) is 12.4. The largest absolute Gasteiger partial charge is 1.00 e. The van der Waals surface area contributed by atoms with E-state index >= 15 is 0 Å². The molecule has 1 heterocycles. The Labute approximate surface area is 110 Å². The summed E-state index contributed by atoms with van der Waals surface area (Å²) in [6.07, 6.45) is 0. The molecule has 0 spiro atoms. The molecule has 0 aromatic carbocycles. The van der Waals surface area contributed by atoms with E-state index in [1.807, 2.05) is 5.38 Å². The van der Waals surface area contributed by atoms with Gasteiger partial charge in [0, 0.05) is 0 Å². The molecule has 0 radical (unpaired) electrons. The minimum Gasteiger partial charge on any atom is -0.530 e. The van der Waals surface area contributed by atoms with E-state index in [0.29, 0.717) is 0 Å². The molecule has 0 saturated heterocycles. The Kier molecular flexibility index (Phi) is 5.00. The first-order valence-corrected chi connectivity index (χ1v) is 8.48. The average molecular weight is 235 g/mol. The Bertz CT molecular complexity index is 319. The first-order chi connectivity index (χ1) is 6.22. The number of hydrogen-bond donors (Lipinski definition) is 0. The van der Waals surface area contributed by atoms with E-state index in [2.05, 4.69) is 45.8 Å². The second kappa shape index (κ2) is 4.96. The van der Waals surface area contributed by atoms with Crippen molar-refractivity contribution in [1.29, 1.82) is 0 Å². The Morgan fingerprint density at radius 2 is 1.93 bits per heavy atom. The van der Waals surface area contributed by atoms with Crippen LogP contribution in [0.15, 0.2) is 5.38 Å². The molecule has 0 saturated carbocycles. The van der Waals surface area contributed by atoms with Gasteiger partial charge in [-0.15, -0.1) is 0 Å². The Hall–Kier alpha value is 0.114. The van der Waals surface area contributed by atoms with Crippen molar-refractivity contribution in [2.45, 2.75) is 38.9 Å². The van der Waals surface area contributed by atoms with Gasteiger partial charge in [-0.25, -0.2) is 4.98 Å². The number of rotatable bonds is 2. The van der Waals surface area contributed by atoms with Crippen molar-refractivity contribution < 1.29 is 23.3 Å². The zero-order chi connectivity index (χ0) is 11.0. The normalized spacial score (nSPS) is 12.1. The molecule has 1 aromatic heterocycles. The van der Waals surface area contributed by atoms with Gasteiger partial charge in [-0.05, 0) is 23.1 Å². The Balaban J connectivity index is 0.00000196. The summed E-state index contributed by atoms with van der Waals surface area (Å²) in [6.45, 7) is 14.9. The van der Waals surface area contributed by atoms with Crippen LogP contribution in [0.5, 0.6) is 5.88 Å². The fourth-order valence-electron chi connectivity index (χ4n) is 0.755. The SMILES string of the molecule is [CH2-]c1nc(O[Si](C)(C)C(C)(C)C)cs1.[Li+]. The molecule has 0 N–H and O–H groups in total. The summed E-state index contributed by atoms with van der Waals surface area (Å²) in [5.74, 6) is 0.742. The maximum atomic E-state index is 5.99. The summed E-state index contributed by atoms with van der Waals surface area (Å²) < 4.78 is 5.99. The van der Waals surface area contributed by atoms with Crippen molar-refractivity contribution >= 4 is 19.7 Å². The molecule has 0 amide bonds. The van der Waals surface area contributed by atoms with Gasteiger partial charge in [-0.3, -0.25) is 0 Å². The maximum absolute atomic E-state index is 5.99. The van der Waals surface area contributed by atoms with Gasteiger partial charge in [0.15, 0.2) is 0 Å². The third kappa shape index (κ3) is 3.88. The summed E-state index contributed by atoms with van der Waals surface area (Å²) >= 11 is 1.53. The van der Waals surface area contributed by atoms with E-state index < -0.39 is 8.32 Å². The van der Waals surface area contributed by atoms with Crippen molar-refractivity contribution in [2.75, 3.05) is 0 Å². The number of thiazole rings is 1. The van der Waals surface area contributed by atoms with Crippen LogP contribution >= 0.6 is 11.3 Å². The molecule has 1 aromatic rings. The van der Waals surface area contributed by atoms with Crippen LogP contribution in [0.3, 0.4) is 0 Å². The van der Waals surface area contributed by atoms with E-state index in [-0.39, 0.29) is 23.9 Å².